The highest BCUT2D eigenvalue weighted by atomic mass is 16.2. The maximum absolute atomic E-state index is 12.2. The number of rotatable bonds is 3. The molecular formula is C15H19N3O. The highest BCUT2D eigenvalue weighted by Crippen LogP contribution is 2.12. The number of piperidine rings is 1. The Bertz CT molecular complexity index is 469. The van der Waals surface area contributed by atoms with Gasteiger partial charge in [0.05, 0.1) is 17.7 Å². The van der Waals surface area contributed by atoms with Gasteiger partial charge >= 0.3 is 0 Å². The second kappa shape index (κ2) is 6.35. The minimum Gasteiger partial charge on any atom is -0.341 e. The van der Waals surface area contributed by atoms with Gasteiger partial charge in [-0.25, -0.2) is 0 Å². The first-order valence-corrected chi connectivity index (χ1v) is 6.74. The van der Waals surface area contributed by atoms with Gasteiger partial charge in [-0.1, -0.05) is 12.1 Å². The molecule has 4 heteroatoms. The Morgan fingerprint density at radius 3 is 2.47 bits per heavy atom. The van der Waals surface area contributed by atoms with Crippen molar-refractivity contribution in [2.24, 2.45) is 5.73 Å². The van der Waals surface area contributed by atoms with Gasteiger partial charge in [-0.3, -0.25) is 4.79 Å². The van der Waals surface area contributed by atoms with E-state index in [-0.39, 0.29) is 5.91 Å². The molecule has 1 aliphatic rings. The third-order valence-corrected chi connectivity index (χ3v) is 3.52. The van der Waals surface area contributed by atoms with Gasteiger partial charge in [-0.15, -0.1) is 0 Å². The maximum atomic E-state index is 12.2. The lowest BCUT2D eigenvalue weighted by Gasteiger charge is -2.29. The topological polar surface area (TPSA) is 70.1 Å². The molecule has 1 heterocycles. The number of carbonyl (C=O) groups is 1. The van der Waals surface area contributed by atoms with Crippen LogP contribution in [0, 0.1) is 11.3 Å². The lowest BCUT2D eigenvalue weighted by molar-refractivity contribution is -0.133. The molecule has 1 atom stereocenters. The summed E-state index contributed by atoms with van der Waals surface area (Å²) in [5, 5.41) is 8.73. The third-order valence-electron chi connectivity index (χ3n) is 3.52. The molecule has 19 heavy (non-hydrogen) atoms. The molecule has 1 aromatic carbocycles. The van der Waals surface area contributed by atoms with Gasteiger partial charge in [0.15, 0.2) is 0 Å². The predicted octanol–water partition coefficient (Wildman–Crippen LogP) is 1.44. The van der Waals surface area contributed by atoms with Crippen LogP contribution < -0.4 is 5.73 Å². The Balaban J connectivity index is 1.93. The van der Waals surface area contributed by atoms with Crippen LogP contribution in [0.25, 0.3) is 0 Å². The number of likely N-dealkylation sites (tertiary alicyclic amines) is 1. The van der Waals surface area contributed by atoms with Crippen LogP contribution in [-0.4, -0.2) is 29.9 Å². The molecule has 100 valence electrons. The summed E-state index contributed by atoms with van der Waals surface area (Å²) in [6.45, 7) is 1.67. The van der Waals surface area contributed by atoms with E-state index in [1.165, 1.54) is 6.42 Å². The fourth-order valence-electron chi connectivity index (χ4n) is 2.41. The fourth-order valence-corrected chi connectivity index (χ4v) is 2.41. The zero-order chi connectivity index (χ0) is 13.7. The van der Waals surface area contributed by atoms with Crippen molar-refractivity contribution in [3.8, 4) is 6.07 Å². The van der Waals surface area contributed by atoms with Crippen molar-refractivity contribution in [3.63, 3.8) is 0 Å². The number of benzene rings is 1. The zero-order valence-electron chi connectivity index (χ0n) is 11.0. The van der Waals surface area contributed by atoms with Crippen LogP contribution in [0.2, 0.25) is 0 Å². The highest BCUT2D eigenvalue weighted by Gasteiger charge is 2.22. The number of carbonyl (C=O) groups excluding carboxylic acids is 1. The minimum atomic E-state index is -0.481. The molecule has 0 radical (unpaired) electrons. The maximum Gasteiger partial charge on any atom is 0.239 e. The molecule has 0 unspecified atom stereocenters. The zero-order valence-corrected chi connectivity index (χ0v) is 11.0. The second-order valence-electron chi connectivity index (χ2n) is 5.01. The molecule has 4 nitrogen and oxygen atoms in total. The normalized spacial score (nSPS) is 16.7. The number of nitrogens with two attached hydrogens (primary N) is 1. The predicted molar refractivity (Wildman–Crippen MR) is 73.3 cm³/mol. The molecule has 2 rings (SSSR count). The highest BCUT2D eigenvalue weighted by molar-refractivity contribution is 5.82. The van der Waals surface area contributed by atoms with Crippen LogP contribution in [0.5, 0.6) is 0 Å². The Morgan fingerprint density at radius 2 is 1.89 bits per heavy atom. The smallest absolute Gasteiger partial charge is 0.239 e. The Hall–Kier alpha value is -1.86. The summed E-state index contributed by atoms with van der Waals surface area (Å²) < 4.78 is 0. The number of hydrogen-bond donors (Lipinski definition) is 1. The number of nitrogens with zero attached hydrogens (tertiary/aromatic N) is 2. The van der Waals surface area contributed by atoms with Crippen LogP contribution in [0.3, 0.4) is 0 Å². The van der Waals surface area contributed by atoms with Gasteiger partial charge < -0.3 is 10.6 Å². The summed E-state index contributed by atoms with van der Waals surface area (Å²) in [4.78, 5) is 14.0. The number of hydrogen-bond acceptors (Lipinski definition) is 3. The van der Waals surface area contributed by atoms with Gasteiger partial charge in [-0.2, -0.15) is 5.26 Å². The van der Waals surface area contributed by atoms with E-state index in [1.807, 2.05) is 17.0 Å². The van der Waals surface area contributed by atoms with Crippen molar-refractivity contribution in [3.05, 3.63) is 35.4 Å². The molecule has 0 saturated carbocycles. The van der Waals surface area contributed by atoms with E-state index in [1.54, 1.807) is 12.1 Å². The van der Waals surface area contributed by atoms with Crippen molar-refractivity contribution in [2.75, 3.05) is 13.1 Å². The van der Waals surface area contributed by atoms with Crippen molar-refractivity contribution >= 4 is 5.91 Å². The average Bonchev–Trinajstić information content (AvgIpc) is 2.48. The van der Waals surface area contributed by atoms with Gasteiger partial charge in [0, 0.05) is 13.1 Å². The summed E-state index contributed by atoms with van der Waals surface area (Å²) in [7, 11) is 0. The molecule has 2 N–H and O–H groups in total. The Morgan fingerprint density at radius 1 is 1.26 bits per heavy atom. The Kier molecular flexibility index (Phi) is 4.53. The van der Waals surface area contributed by atoms with Gasteiger partial charge in [0.25, 0.3) is 0 Å². The van der Waals surface area contributed by atoms with E-state index < -0.39 is 6.04 Å². The summed E-state index contributed by atoms with van der Waals surface area (Å²) in [6.07, 6.45) is 3.89. The van der Waals surface area contributed by atoms with E-state index in [9.17, 15) is 4.79 Å². The molecule has 0 aromatic heterocycles. The van der Waals surface area contributed by atoms with Gasteiger partial charge in [0.2, 0.25) is 5.91 Å². The molecule has 1 amide bonds. The van der Waals surface area contributed by atoms with Crippen molar-refractivity contribution in [1.29, 1.82) is 5.26 Å². The van der Waals surface area contributed by atoms with Crippen molar-refractivity contribution in [2.45, 2.75) is 31.7 Å². The van der Waals surface area contributed by atoms with Crippen LogP contribution in [0.15, 0.2) is 24.3 Å². The van der Waals surface area contributed by atoms with E-state index in [0.717, 1.165) is 31.5 Å². The van der Waals surface area contributed by atoms with Crippen LogP contribution in [0.1, 0.15) is 30.4 Å². The molecule has 1 aliphatic heterocycles. The van der Waals surface area contributed by atoms with Crippen molar-refractivity contribution in [1.82, 2.24) is 4.90 Å². The summed E-state index contributed by atoms with van der Waals surface area (Å²) >= 11 is 0. The quantitative estimate of drug-likeness (QED) is 0.890. The van der Waals surface area contributed by atoms with E-state index in [4.69, 9.17) is 11.0 Å². The van der Waals surface area contributed by atoms with Crippen LogP contribution in [0.4, 0.5) is 0 Å². The summed E-state index contributed by atoms with van der Waals surface area (Å²) in [5.41, 5.74) is 7.62. The van der Waals surface area contributed by atoms with Crippen molar-refractivity contribution < 1.29 is 4.79 Å². The van der Waals surface area contributed by atoms with Gasteiger partial charge in [-0.05, 0) is 43.4 Å². The molecule has 1 saturated heterocycles. The first kappa shape index (κ1) is 13.6. The molecule has 1 fully saturated rings. The van der Waals surface area contributed by atoms with Gasteiger partial charge in [0.1, 0.15) is 0 Å². The third kappa shape index (κ3) is 3.55. The molecule has 0 aliphatic carbocycles. The largest absolute Gasteiger partial charge is 0.341 e. The second-order valence-corrected chi connectivity index (χ2v) is 5.01. The van der Waals surface area contributed by atoms with Crippen LogP contribution >= 0.6 is 0 Å². The first-order chi connectivity index (χ1) is 9.20. The molecular weight excluding hydrogens is 238 g/mol. The lowest BCUT2D eigenvalue weighted by Crippen LogP contribution is -2.46. The fraction of sp³-hybridized carbons (Fsp3) is 0.467. The van der Waals surface area contributed by atoms with E-state index >= 15 is 0 Å². The summed E-state index contributed by atoms with van der Waals surface area (Å²) in [5.74, 6) is 0.0454. The SMILES string of the molecule is N#Cc1ccc(C[C@@H](N)C(=O)N2CCCCC2)cc1. The number of nitriles is 1. The Labute approximate surface area is 113 Å². The molecule has 0 spiro atoms. The standard InChI is InChI=1S/C15H19N3O/c16-11-13-6-4-12(5-7-13)10-14(17)15(19)18-8-2-1-3-9-18/h4-7,14H,1-3,8-10,17H2/t14-/m1/s1. The molecule has 1 aromatic rings. The lowest BCUT2D eigenvalue weighted by atomic mass is 10.0. The molecule has 0 bridgehead atoms. The summed E-state index contributed by atoms with van der Waals surface area (Å²) in [6, 6.07) is 8.84. The minimum absolute atomic E-state index is 0.0454. The monoisotopic (exact) mass is 257 g/mol. The number of amides is 1. The van der Waals surface area contributed by atoms with Crippen LogP contribution in [-0.2, 0) is 11.2 Å². The van der Waals surface area contributed by atoms with E-state index in [0.29, 0.717) is 12.0 Å². The average molecular weight is 257 g/mol. The first-order valence-electron chi connectivity index (χ1n) is 6.74. The van der Waals surface area contributed by atoms with E-state index in [2.05, 4.69) is 6.07 Å².